The molecule has 0 saturated carbocycles. The second kappa shape index (κ2) is 5.65. The van der Waals surface area contributed by atoms with Crippen molar-refractivity contribution in [3.63, 3.8) is 0 Å². The Labute approximate surface area is 122 Å². The molecule has 2 N–H and O–H groups in total. The van der Waals surface area contributed by atoms with Gasteiger partial charge in [-0.25, -0.2) is 14.8 Å². The second-order valence-electron chi connectivity index (χ2n) is 5.29. The summed E-state index contributed by atoms with van der Waals surface area (Å²) >= 11 is 0. The van der Waals surface area contributed by atoms with Crippen LogP contribution in [0.4, 0.5) is 5.82 Å². The zero-order valence-corrected chi connectivity index (χ0v) is 11.9. The zero-order chi connectivity index (χ0) is 14.8. The number of hydrogen-bond donors (Lipinski definition) is 2. The molecule has 21 heavy (non-hydrogen) atoms. The van der Waals surface area contributed by atoms with Crippen molar-refractivity contribution in [1.82, 2.24) is 15.3 Å². The van der Waals surface area contributed by atoms with Crippen molar-refractivity contribution >= 4 is 22.7 Å². The molecular formula is C15H18N4O2. The highest BCUT2D eigenvalue weighted by Gasteiger charge is 2.22. The van der Waals surface area contributed by atoms with E-state index in [1.54, 1.807) is 0 Å². The SMILES string of the molecule is CN(c1nc(C(=O)O)nc2ccccc12)C1CCNCC1. The van der Waals surface area contributed by atoms with Gasteiger partial charge in [-0.05, 0) is 38.1 Å². The van der Waals surface area contributed by atoms with Crippen molar-refractivity contribution in [2.75, 3.05) is 25.0 Å². The van der Waals surface area contributed by atoms with Crippen LogP contribution in [0.1, 0.15) is 23.5 Å². The van der Waals surface area contributed by atoms with Crippen LogP contribution in [0.15, 0.2) is 24.3 Å². The number of fused-ring (bicyclic) bond motifs is 1. The van der Waals surface area contributed by atoms with E-state index in [9.17, 15) is 9.90 Å². The standard InChI is InChI=1S/C15H18N4O2/c1-19(10-6-8-16-9-7-10)14-11-4-2-3-5-12(11)17-13(18-14)15(20)21/h2-5,10,16H,6-9H2,1H3,(H,20,21). The summed E-state index contributed by atoms with van der Waals surface area (Å²) in [4.78, 5) is 21.7. The van der Waals surface area contributed by atoms with Crippen LogP contribution in [0, 0.1) is 0 Å². The number of carboxylic acids is 1. The zero-order valence-electron chi connectivity index (χ0n) is 11.9. The summed E-state index contributed by atoms with van der Waals surface area (Å²) in [5, 5.41) is 13.4. The van der Waals surface area contributed by atoms with Crippen molar-refractivity contribution < 1.29 is 9.90 Å². The molecule has 1 aliphatic heterocycles. The normalized spacial score (nSPS) is 16.0. The van der Waals surface area contributed by atoms with Gasteiger partial charge in [-0.3, -0.25) is 0 Å². The molecule has 6 heteroatoms. The largest absolute Gasteiger partial charge is 0.475 e. The average molecular weight is 286 g/mol. The molecule has 1 aliphatic rings. The summed E-state index contributed by atoms with van der Waals surface area (Å²) in [6.45, 7) is 1.95. The van der Waals surface area contributed by atoms with Gasteiger partial charge in [-0.15, -0.1) is 0 Å². The van der Waals surface area contributed by atoms with Gasteiger partial charge in [0.1, 0.15) is 5.82 Å². The first kappa shape index (κ1) is 13.8. The van der Waals surface area contributed by atoms with E-state index >= 15 is 0 Å². The maximum atomic E-state index is 11.2. The number of rotatable bonds is 3. The number of nitrogens with one attached hydrogen (secondary N) is 1. The first-order valence-corrected chi connectivity index (χ1v) is 7.10. The van der Waals surface area contributed by atoms with Gasteiger partial charge in [0.25, 0.3) is 0 Å². The van der Waals surface area contributed by atoms with Crippen LogP contribution in [0.3, 0.4) is 0 Å². The Balaban J connectivity index is 2.08. The number of nitrogens with zero attached hydrogens (tertiary/aromatic N) is 3. The lowest BCUT2D eigenvalue weighted by atomic mass is 10.0. The Morgan fingerprint density at radius 1 is 1.29 bits per heavy atom. The highest BCUT2D eigenvalue weighted by atomic mass is 16.4. The minimum absolute atomic E-state index is 0.149. The van der Waals surface area contributed by atoms with Gasteiger partial charge in [-0.2, -0.15) is 0 Å². The van der Waals surface area contributed by atoms with Gasteiger partial charge in [0.2, 0.25) is 5.82 Å². The van der Waals surface area contributed by atoms with E-state index in [0.29, 0.717) is 17.4 Å². The number of hydrogen-bond acceptors (Lipinski definition) is 5. The quantitative estimate of drug-likeness (QED) is 0.890. The van der Waals surface area contributed by atoms with Gasteiger partial charge in [0.05, 0.1) is 5.52 Å². The molecule has 0 radical (unpaired) electrons. The number of aromatic nitrogens is 2. The summed E-state index contributed by atoms with van der Waals surface area (Å²) in [6, 6.07) is 7.91. The first-order chi connectivity index (χ1) is 10.2. The topological polar surface area (TPSA) is 78.4 Å². The number of aromatic carboxylic acids is 1. The molecule has 1 aromatic carbocycles. The molecule has 0 amide bonds. The van der Waals surface area contributed by atoms with Crippen molar-refractivity contribution in [2.45, 2.75) is 18.9 Å². The molecule has 1 fully saturated rings. The number of anilines is 1. The molecule has 110 valence electrons. The minimum Gasteiger partial charge on any atom is -0.475 e. The Bertz CT molecular complexity index is 668. The maximum absolute atomic E-state index is 11.2. The third kappa shape index (κ3) is 2.67. The van der Waals surface area contributed by atoms with Gasteiger partial charge >= 0.3 is 5.97 Å². The predicted molar refractivity (Wildman–Crippen MR) is 80.8 cm³/mol. The molecule has 0 atom stereocenters. The molecular weight excluding hydrogens is 268 g/mol. The van der Waals surface area contributed by atoms with E-state index in [1.165, 1.54) is 0 Å². The van der Waals surface area contributed by atoms with E-state index in [0.717, 1.165) is 31.3 Å². The average Bonchev–Trinajstić information content (AvgIpc) is 2.54. The lowest BCUT2D eigenvalue weighted by Crippen LogP contribution is -2.41. The first-order valence-electron chi connectivity index (χ1n) is 7.10. The van der Waals surface area contributed by atoms with E-state index in [4.69, 9.17) is 0 Å². The fourth-order valence-electron chi connectivity index (χ4n) is 2.79. The monoisotopic (exact) mass is 286 g/mol. The van der Waals surface area contributed by atoms with E-state index in [-0.39, 0.29) is 5.82 Å². The Hall–Kier alpha value is -2.21. The van der Waals surface area contributed by atoms with Crippen LogP contribution in [0.25, 0.3) is 10.9 Å². The van der Waals surface area contributed by atoms with Gasteiger partial charge in [0.15, 0.2) is 0 Å². The molecule has 3 rings (SSSR count). The van der Waals surface area contributed by atoms with Crippen LogP contribution in [0.5, 0.6) is 0 Å². The molecule has 0 bridgehead atoms. The van der Waals surface area contributed by atoms with E-state index in [1.807, 2.05) is 31.3 Å². The number of carbonyl (C=O) groups is 1. The smallest absolute Gasteiger partial charge is 0.374 e. The van der Waals surface area contributed by atoms with Crippen LogP contribution in [-0.2, 0) is 0 Å². The van der Waals surface area contributed by atoms with E-state index < -0.39 is 5.97 Å². The molecule has 2 aromatic rings. The summed E-state index contributed by atoms with van der Waals surface area (Å²) in [7, 11) is 1.98. The Morgan fingerprint density at radius 2 is 2.00 bits per heavy atom. The maximum Gasteiger partial charge on any atom is 0.374 e. The second-order valence-corrected chi connectivity index (χ2v) is 5.29. The lowest BCUT2D eigenvalue weighted by molar-refractivity contribution is 0.0684. The number of benzene rings is 1. The summed E-state index contributed by atoms with van der Waals surface area (Å²) in [5.41, 5.74) is 0.667. The lowest BCUT2D eigenvalue weighted by Gasteiger charge is -2.33. The molecule has 0 unspecified atom stereocenters. The van der Waals surface area contributed by atoms with Crippen molar-refractivity contribution in [1.29, 1.82) is 0 Å². The third-order valence-electron chi connectivity index (χ3n) is 3.96. The van der Waals surface area contributed by atoms with Crippen molar-refractivity contribution in [3.05, 3.63) is 30.1 Å². The van der Waals surface area contributed by atoms with Crippen molar-refractivity contribution in [2.24, 2.45) is 0 Å². The van der Waals surface area contributed by atoms with Gasteiger partial charge < -0.3 is 15.3 Å². The number of para-hydroxylation sites is 1. The fraction of sp³-hybridized carbons (Fsp3) is 0.400. The summed E-state index contributed by atoms with van der Waals surface area (Å²) in [5.74, 6) is -0.546. The van der Waals surface area contributed by atoms with Crippen LogP contribution >= 0.6 is 0 Å². The van der Waals surface area contributed by atoms with Crippen molar-refractivity contribution in [3.8, 4) is 0 Å². The van der Waals surface area contributed by atoms with Crippen LogP contribution < -0.4 is 10.2 Å². The highest BCUT2D eigenvalue weighted by Crippen LogP contribution is 2.26. The molecule has 6 nitrogen and oxygen atoms in total. The minimum atomic E-state index is -1.10. The summed E-state index contributed by atoms with van der Waals surface area (Å²) < 4.78 is 0. The predicted octanol–water partition coefficient (Wildman–Crippen LogP) is 1.52. The fourth-order valence-corrected chi connectivity index (χ4v) is 2.79. The molecule has 2 heterocycles. The number of piperidine rings is 1. The number of carboxylic acid groups (broad SMARTS) is 1. The molecule has 1 saturated heterocycles. The third-order valence-corrected chi connectivity index (χ3v) is 3.96. The van der Waals surface area contributed by atoms with Gasteiger partial charge in [0, 0.05) is 18.5 Å². The Morgan fingerprint density at radius 3 is 2.71 bits per heavy atom. The highest BCUT2D eigenvalue weighted by molar-refractivity contribution is 5.93. The Kier molecular flexibility index (Phi) is 3.70. The molecule has 0 aliphatic carbocycles. The summed E-state index contributed by atoms with van der Waals surface area (Å²) in [6.07, 6.45) is 2.05. The van der Waals surface area contributed by atoms with E-state index in [2.05, 4.69) is 20.2 Å². The molecule has 0 spiro atoms. The van der Waals surface area contributed by atoms with Crippen LogP contribution in [-0.4, -0.2) is 47.2 Å². The van der Waals surface area contributed by atoms with Crippen LogP contribution in [0.2, 0.25) is 0 Å². The molecule has 1 aromatic heterocycles. The van der Waals surface area contributed by atoms with Gasteiger partial charge in [-0.1, -0.05) is 12.1 Å².